The number of anilines is 2. The summed E-state index contributed by atoms with van der Waals surface area (Å²) in [7, 11) is 0. The molecular formula is C21H23N5O. The van der Waals surface area contributed by atoms with Crippen LogP contribution in [0.25, 0.3) is 0 Å². The smallest absolute Gasteiger partial charge is 0.267 e. The molecule has 0 aliphatic carbocycles. The van der Waals surface area contributed by atoms with Gasteiger partial charge in [-0.2, -0.15) is 5.26 Å². The Morgan fingerprint density at radius 2 is 1.93 bits per heavy atom. The van der Waals surface area contributed by atoms with Crippen LogP contribution in [0.3, 0.4) is 0 Å². The van der Waals surface area contributed by atoms with E-state index in [1.54, 1.807) is 12.4 Å². The van der Waals surface area contributed by atoms with E-state index >= 15 is 0 Å². The minimum absolute atomic E-state index is 0.113. The zero-order valence-corrected chi connectivity index (χ0v) is 15.6. The van der Waals surface area contributed by atoms with Crippen LogP contribution in [0, 0.1) is 25.2 Å². The number of piperazine rings is 1. The summed E-state index contributed by atoms with van der Waals surface area (Å²) >= 11 is 0. The molecule has 0 atom stereocenters. The number of amides is 1. The highest BCUT2D eigenvalue weighted by molar-refractivity contribution is 6.06. The van der Waals surface area contributed by atoms with E-state index in [9.17, 15) is 10.1 Å². The fraction of sp³-hybridized carbons (Fsp3) is 0.286. The maximum absolute atomic E-state index is 12.5. The van der Waals surface area contributed by atoms with Crippen molar-refractivity contribution >= 4 is 17.4 Å². The highest BCUT2D eigenvalue weighted by Crippen LogP contribution is 2.19. The molecule has 1 saturated heterocycles. The molecule has 1 aromatic carbocycles. The minimum atomic E-state index is -0.377. The molecule has 1 aliphatic rings. The summed E-state index contributed by atoms with van der Waals surface area (Å²) < 4.78 is 0. The van der Waals surface area contributed by atoms with Crippen LogP contribution >= 0.6 is 0 Å². The zero-order valence-electron chi connectivity index (χ0n) is 15.6. The Balaban J connectivity index is 1.64. The van der Waals surface area contributed by atoms with Crippen molar-refractivity contribution in [3.05, 3.63) is 65.5 Å². The molecule has 138 valence electrons. The third-order valence-electron chi connectivity index (χ3n) is 4.82. The van der Waals surface area contributed by atoms with Crippen LogP contribution < -0.4 is 10.2 Å². The normalized spacial score (nSPS) is 14.6. The first kappa shape index (κ1) is 18.5. The fourth-order valence-electron chi connectivity index (χ4n) is 3.02. The van der Waals surface area contributed by atoms with E-state index < -0.39 is 0 Å². The molecule has 0 bridgehead atoms. The van der Waals surface area contributed by atoms with E-state index in [2.05, 4.69) is 15.2 Å². The molecule has 2 aromatic rings. The summed E-state index contributed by atoms with van der Waals surface area (Å²) in [5.41, 5.74) is 2.95. The van der Waals surface area contributed by atoms with Crippen molar-refractivity contribution in [3.63, 3.8) is 0 Å². The largest absolute Gasteiger partial charge is 0.373 e. The van der Waals surface area contributed by atoms with Crippen LogP contribution in [0.1, 0.15) is 11.1 Å². The van der Waals surface area contributed by atoms with Crippen molar-refractivity contribution in [1.29, 1.82) is 5.26 Å². The zero-order chi connectivity index (χ0) is 19.2. The molecule has 1 aliphatic heterocycles. The van der Waals surface area contributed by atoms with Crippen molar-refractivity contribution in [1.82, 2.24) is 9.88 Å². The predicted molar refractivity (Wildman–Crippen MR) is 106 cm³/mol. The predicted octanol–water partition coefficient (Wildman–Crippen LogP) is 2.87. The Morgan fingerprint density at radius 1 is 1.15 bits per heavy atom. The van der Waals surface area contributed by atoms with Gasteiger partial charge in [0.2, 0.25) is 0 Å². The van der Waals surface area contributed by atoms with E-state index in [0.29, 0.717) is 0 Å². The van der Waals surface area contributed by atoms with Crippen LogP contribution in [0.2, 0.25) is 0 Å². The number of carbonyl (C=O) groups is 1. The molecular weight excluding hydrogens is 338 g/mol. The summed E-state index contributed by atoms with van der Waals surface area (Å²) in [6, 6.07) is 13.6. The number of nitrogens with one attached hydrogen (secondary N) is 1. The quantitative estimate of drug-likeness (QED) is 0.670. The first-order valence-corrected chi connectivity index (χ1v) is 8.98. The number of rotatable bonds is 4. The van der Waals surface area contributed by atoms with Gasteiger partial charge in [-0.05, 0) is 43.2 Å². The standard InChI is InChI=1S/C21H23N5O/c1-16-6-5-7-19(17(16)2)24-21(27)18(14-22)15-25-10-12-26(13-11-25)20-8-3-4-9-23-20/h3-9,15H,10-13H2,1-2H3,(H,24,27)/b18-15-. The number of nitriles is 1. The lowest BCUT2D eigenvalue weighted by Crippen LogP contribution is -2.44. The molecule has 1 N–H and O–H groups in total. The van der Waals surface area contributed by atoms with E-state index in [1.807, 2.05) is 61.2 Å². The summed E-state index contributed by atoms with van der Waals surface area (Å²) in [5.74, 6) is 0.577. The lowest BCUT2D eigenvalue weighted by Gasteiger charge is -2.34. The number of carbonyl (C=O) groups excluding carboxylic acids is 1. The third-order valence-corrected chi connectivity index (χ3v) is 4.82. The summed E-state index contributed by atoms with van der Waals surface area (Å²) in [4.78, 5) is 21.1. The minimum Gasteiger partial charge on any atom is -0.373 e. The van der Waals surface area contributed by atoms with E-state index in [4.69, 9.17) is 0 Å². The number of aryl methyl sites for hydroxylation is 1. The van der Waals surface area contributed by atoms with Gasteiger partial charge in [0.25, 0.3) is 5.91 Å². The summed E-state index contributed by atoms with van der Waals surface area (Å²) in [6.07, 6.45) is 3.45. The van der Waals surface area contributed by atoms with Gasteiger partial charge in [0.05, 0.1) is 0 Å². The van der Waals surface area contributed by atoms with Gasteiger partial charge in [-0.25, -0.2) is 4.98 Å². The Hall–Kier alpha value is -3.33. The van der Waals surface area contributed by atoms with Crippen molar-refractivity contribution in [2.24, 2.45) is 0 Å². The van der Waals surface area contributed by atoms with E-state index in [-0.39, 0.29) is 11.5 Å². The second-order valence-electron chi connectivity index (χ2n) is 6.57. The van der Waals surface area contributed by atoms with Gasteiger partial charge in [-0.1, -0.05) is 18.2 Å². The second kappa shape index (κ2) is 8.37. The van der Waals surface area contributed by atoms with Gasteiger partial charge in [0, 0.05) is 44.3 Å². The molecule has 1 amide bonds. The molecule has 0 unspecified atom stereocenters. The Kier molecular flexibility index (Phi) is 5.72. The van der Waals surface area contributed by atoms with Crippen molar-refractivity contribution in [2.75, 3.05) is 36.4 Å². The Labute approximate surface area is 159 Å². The number of nitrogens with zero attached hydrogens (tertiary/aromatic N) is 4. The van der Waals surface area contributed by atoms with E-state index in [0.717, 1.165) is 48.8 Å². The average molecular weight is 361 g/mol. The summed E-state index contributed by atoms with van der Waals surface area (Å²) in [6.45, 7) is 7.01. The lowest BCUT2D eigenvalue weighted by molar-refractivity contribution is -0.112. The van der Waals surface area contributed by atoms with Gasteiger partial charge < -0.3 is 15.1 Å². The van der Waals surface area contributed by atoms with Crippen LogP contribution in [-0.4, -0.2) is 42.0 Å². The number of pyridine rings is 1. The monoisotopic (exact) mass is 361 g/mol. The molecule has 1 aromatic heterocycles. The van der Waals surface area contributed by atoms with Gasteiger partial charge >= 0.3 is 0 Å². The maximum Gasteiger partial charge on any atom is 0.267 e. The van der Waals surface area contributed by atoms with Crippen molar-refractivity contribution in [2.45, 2.75) is 13.8 Å². The Morgan fingerprint density at radius 3 is 2.59 bits per heavy atom. The topological polar surface area (TPSA) is 72.3 Å². The first-order valence-electron chi connectivity index (χ1n) is 8.98. The van der Waals surface area contributed by atoms with Crippen LogP contribution in [0.5, 0.6) is 0 Å². The fourth-order valence-corrected chi connectivity index (χ4v) is 3.02. The molecule has 6 nitrogen and oxygen atoms in total. The number of hydrogen-bond donors (Lipinski definition) is 1. The average Bonchev–Trinajstić information content (AvgIpc) is 2.70. The molecule has 0 radical (unpaired) electrons. The van der Waals surface area contributed by atoms with Gasteiger partial charge in [0.1, 0.15) is 17.5 Å². The maximum atomic E-state index is 12.5. The van der Waals surface area contributed by atoms with E-state index in [1.165, 1.54) is 0 Å². The molecule has 1 fully saturated rings. The number of hydrogen-bond acceptors (Lipinski definition) is 5. The second-order valence-corrected chi connectivity index (χ2v) is 6.57. The van der Waals surface area contributed by atoms with Crippen LogP contribution in [0.4, 0.5) is 11.5 Å². The molecule has 0 saturated carbocycles. The molecule has 27 heavy (non-hydrogen) atoms. The lowest BCUT2D eigenvalue weighted by atomic mass is 10.1. The number of aromatic nitrogens is 1. The van der Waals surface area contributed by atoms with Gasteiger partial charge in [0.15, 0.2) is 0 Å². The Bertz CT molecular complexity index is 877. The highest BCUT2D eigenvalue weighted by atomic mass is 16.1. The van der Waals surface area contributed by atoms with Crippen molar-refractivity contribution in [3.8, 4) is 6.07 Å². The van der Waals surface area contributed by atoms with Gasteiger partial charge in [-0.15, -0.1) is 0 Å². The SMILES string of the molecule is Cc1cccc(NC(=O)/C(C#N)=C\N2CCN(c3ccccn3)CC2)c1C. The molecule has 6 heteroatoms. The van der Waals surface area contributed by atoms with Gasteiger partial charge in [-0.3, -0.25) is 4.79 Å². The molecule has 3 rings (SSSR count). The molecule has 0 spiro atoms. The third kappa shape index (κ3) is 4.45. The molecule has 2 heterocycles. The van der Waals surface area contributed by atoms with Crippen molar-refractivity contribution < 1.29 is 4.79 Å². The highest BCUT2D eigenvalue weighted by Gasteiger charge is 2.18. The number of benzene rings is 1. The summed E-state index contributed by atoms with van der Waals surface area (Å²) in [5, 5.41) is 12.3. The van der Waals surface area contributed by atoms with Crippen LogP contribution in [0.15, 0.2) is 54.4 Å². The first-order chi connectivity index (χ1) is 13.1. The van der Waals surface area contributed by atoms with Crippen LogP contribution in [-0.2, 0) is 4.79 Å².